The zero-order valence-electron chi connectivity index (χ0n) is 8.70. The van der Waals surface area contributed by atoms with Crippen LogP contribution in [0.5, 0.6) is 0 Å². The molecular weight excluding hydrogens is 274 g/mol. The lowest BCUT2D eigenvalue weighted by Gasteiger charge is -1.99. The van der Waals surface area contributed by atoms with Gasteiger partial charge in [0, 0.05) is 4.47 Å². The zero-order valence-corrected chi connectivity index (χ0v) is 10.3. The highest BCUT2D eigenvalue weighted by atomic mass is 79.9. The van der Waals surface area contributed by atoms with Crippen LogP contribution in [-0.2, 0) is 16.0 Å². The van der Waals surface area contributed by atoms with Crippen molar-refractivity contribution < 1.29 is 14.1 Å². The number of fused-ring (bicyclic) bond motifs is 1. The molecule has 0 bridgehead atoms. The van der Waals surface area contributed by atoms with Gasteiger partial charge in [-0.3, -0.25) is 4.79 Å². The third kappa shape index (κ3) is 2.09. The van der Waals surface area contributed by atoms with E-state index in [2.05, 4.69) is 21.1 Å². The average molecular weight is 284 g/mol. The Morgan fingerprint density at radius 3 is 3.12 bits per heavy atom. The largest absolute Gasteiger partial charge is 0.466 e. The molecule has 16 heavy (non-hydrogen) atoms. The minimum atomic E-state index is -0.298. The molecule has 0 spiro atoms. The van der Waals surface area contributed by atoms with Gasteiger partial charge in [-0.05, 0) is 35.0 Å². The van der Waals surface area contributed by atoms with Crippen molar-refractivity contribution in [2.24, 2.45) is 0 Å². The number of carbonyl (C=O) groups excluding carboxylic acids is 1. The van der Waals surface area contributed by atoms with E-state index >= 15 is 0 Å². The SMILES string of the molecule is CCOC(=O)Cc1noc2cccc(Br)c12. The van der Waals surface area contributed by atoms with Crippen molar-refractivity contribution >= 4 is 32.9 Å². The fourth-order valence-electron chi connectivity index (χ4n) is 1.48. The summed E-state index contributed by atoms with van der Waals surface area (Å²) in [5.41, 5.74) is 1.26. The quantitative estimate of drug-likeness (QED) is 0.813. The molecule has 0 fully saturated rings. The molecule has 0 amide bonds. The molecule has 0 saturated heterocycles. The van der Waals surface area contributed by atoms with Crippen LogP contribution in [0.1, 0.15) is 12.6 Å². The maximum atomic E-state index is 11.3. The maximum Gasteiger partial charge on any atom is 0.312 e. The summed E-state index contributed by atoms with van der Waals surface area (Å²) >= 11 is 3.40. The summed E-state index contributed by atoms with van der Waals surface area (Å²) in [6.45, 7) is 2.14. The standard InChI is InChI=1S/C11H10BrNO3/c1-2-15-10(14)6-8-11-7(12)4-3-5-9(11)16-13-8/h3-5H,2,6H2,1H3. The molecule has 0 aliphatic rings. The topological polar surface area (TPSA) is 52.3 Å². The van der Waals surface area contributed by atoms with Crippen molar-refractivity contribution in [3.05, 3.63) is 28.4 Å². The molecule has 0 aliphatic heterocycles. The normalized spacial score (nSPS) is 10.6. The Morgan fingerprint density at radius 2 is 2.38 bits per heavy atom. The first-order valence-electron chi connectivity index (χ1n) is 4.90. The number of halogens is 1. The molecule has 4 nitrogen and oxygen atoms in total. The maximum absolute atomic E-state index is 11.3. The third-order valence-corrected chi connectivity index (χ3v) is 2.80. The van der Waals surface area contributed by atoms with Crippen LogP contribution in [0.15, 0.2) is 27.2 Å². The van der Waals surface area contributed by atoms with Gasteiger partial charge in [0.25, 0.3) is 0 Å². The number of hydrogen-bond donors (Lipinski definition) is 0. The lowest BCUT2D eigenvalue weighted by atomic mass is 10.2. The molecule has 1 aromatic carbocycles. The summed E-state index contributed by atoms with van der Waals surface area (Å²) in [6, 6.07) is 5.54. The summed E-state index contributed by atoms with van der Waals surface area (Å²) in [7, 11) is 0. The number of esters is 1. The molecule has 0 radical (unpaired) electrons. The molecule has 0 atom stereocenters. The molecular formula is C11H10BrNO3. The lowest BCUT2D eigenvalue weighted by molar-refractivity contribution is -0.142. The monoisotopic (exact) mass is 283 g/mol. The Kier molecular flexibility index (Phi) is 3.24. The predicted molar refractivity (Wildman–Crippen MR) is 62.0 cm³/mol. The first-order valence-corrected chi connectivity index (χ1v) is 5.70. The summed E-state index contributed by atoms with van der Waals surface area (Å²) in [5.74, 6) is -0.298. The Labute approximate surface area is 101 Å². The van der Waals surface area contributed by atoms with Gasteiger partial charge in [-0.15, -0.1) is 0 Å². The number of hydrogen-bond acceptors (Lipinski definition) is 4. The Morgan fingerprint density at radius 1 is 1.56 bits per heavy atom. The third-order valence-electron chi connectivity index (χ3n) is 2.14. The second-order valence-corrected chi connectivity index (χ2v) is 4.08. The minimum absolute atomic E-state index is 0.128. The first-order chi connectivity index (χ1) is 7.72. The Bertz CT molecular complexity index is 521. The van der Waals surface area contributed by atoms with Crippen molar-refractivity contribution in [3.63, 3.8) is 0 Å². The molecule has 2 rings (SSSR count). The highest BCUT2D eigenvalue weighted by Gasteiger charge is 2.14. The minimum Gasteiger partial charge on any atom is -0.466 e. The number of nitrogens with zero attached hydrogens (tertiary/aromatic N) is 1. The van der Waals surface area contributed by atoms with Gasteiger partial charge in [0.15, 0.2) is 5.58 Å². The zero-order chi connectivity index (χ0) is 11.5. The van der Waals surface area contributed by atoms with Gasteiger partial charge < -0.3 is 9.26 Å². The van der Waals surface area contributed by atoms with E-state index in [1.54, 1.807) is 6.92 Å². The molecule has 1 aromatic heterocycles. The summed E-state index contributed by atoms with van der Waals surface area (Å²) in [4.78, 5) is 11.3. The smallest absolute Gasteiger partial charge is 0.312 e. The van der Waals surface area contributed by atoms with Crippen LogP contribution in [0, 0.1) is 0 Å². The molecule has 0 saturated carbocycles. The van der Waals surface area contributed by atoms with E-state index in [-0.39, 0.29) is 12.4 Å². The average Bonchev–Trinajstić information content (AvgIpc) is 2.63. The van der Waals surface area contributed by atoms with Crippen molar-refractivity contribution in [3.8, 4) is 0 Å². The van der Waals surface area contributed by atoms with Gasteiger partial charge in [0.1, 0.15) is 5.69 Å². The van der Waals surface area contributed by atoms with Gasteiger partial charge in [-0.2, -0.15) is 0 Å². The van der Waals surface area contributed by atoms with E-state index in [0.29, 0.717) is 17.9 Å². The Hall–Kier alpha value is -1.36. The highest BCUT2D eigenvalue weighted by Crippen LogP contribution is 2.27. The number of rotatable bonds is 3. The van der Waals surface area contributed by atoms with E-state index in [4.69, 9.17) is 9.26 Å². The molecule has 0 unspecified atom stereocenters. The second kappa shape index (κ2) is 4.65. The molecule has 0 N–H and O–H groups in total. The van der Waals surface area contributed by atoms with Crippen LogP contribution in [0.2, 0.25) is 0 Å². The van der Waals surface area contributed by atoms with E-state index in [1.165, 1.54) is 0 Å². The molecule has 84 valence electrons. The van der Waals surface area contributed by atoms with E-state index in [0.717, 1.165) is 9.86 Å². The fourth-order valence-corrected chi connectivity index (χ4v) is 2.06. The van der Waals surface area contributed by atoms with Crippen molar-refractivity contribution in [2.45, 2.75) is 13.3 Å². The van der Waals surface area contributed by atoms with E-state index in [9.17, 15) is 4.79 Å². The number of carbonyl (C=O) groups is 1. The van der Waals surface area contributed by atoms with E-state index < -0.39 is 0 Å². The highest BCUT2D eigenvalue weighted by molar-refractivity contribution is 9.10. The van der Waals surface area contributed by atoms with Gasteiger partial charge >= 0.3 is 5.97 Å². The van der Waals surface area contributed by atoms with Crippen LogP contribution in [0.3, 0.4) is 0 Å². The predicted octanol–water partition coefficient (Wildman–Crippen LogP) is 2.70. The first kappa shape index (κ1) is 11.1. The second-order valence-electron chi connectivity index (χ2n) is 3.22. The fraction of sp³-hybridized carbons (Fsp3) is 0.273. The van der Waals surface area contributed by atoms with Gasteiger partial charge in [0.2, 0.25) is 0 Å². The van der Waals surface area contributed by atoms with E-state index in [1.807, 2.05) is 18.2 Å². The van der Waals surface area contributed by atoms with Crippen LogP contribution >= 0.6 is 15.9 Å². The number of benzene rings is 1. The molecule has 2 aromatic rings. The lowest BCUT2D eigenvalue weighted by Crippen LogP contribution is -2.07. The molecule has 1 heterocycles. The van der Waals surface area contributed by atoms with Crippen molar-refractivity contribution in [1.29, 1.82) is 0 Å². The number of ether oxygens (including phenoxy) is 1. The van der Waals surface area contributed by atoms with Gasteiger partial charge in [-0.25, -0.2) is 0 Å². The summed E-state index contributed by atoms with van der Waals surface area (Å²) < 4.78 is 10.9. The van der Waals surface area contributed by atoms with Gasteiger partial charge in [-0.1, -0.05) is 11.2 Å². The van der Waals surface area contributed by atoms with Gasteiger partial charge in [0.05, 0.1) is 18.4 Å². The van der Waals surface area contributed by atoms with Crippen LogP contribution in [-0.4, -0.2) is 17.7 Å². The van der Waals surface area contributed by atoms with Crippen molar-refractivity contribution in [2.75, 3.05) is 6.61 Å². The Balaban J connectivity index is 2.34. The summed E-state index contributed by atoms with van der Waals surface area (Å²) in [5, 5.41) is 4.70. The number of aromatic nitrogens is 1. The van der Waals surface area contributed by atoms with Crippen molar-refractivity contribution in [1.82, 2.24) is 5.16 Å². The van der Waals surface area contributed by atoms with Crippen LogP contribution in [0.25, 0.3) is 11.0 Å². The molecule has 0 aliphatic carbocycles. The van der Waals surface area contributed by atoms with Crippen LogP contribution in [0.4, 0.5) is 0 Å². The van der Waals surface area contributed by atoms with Crippen LogP contribution < -0.4 is 0 Å². The molecule has 5 heteroatoms. The summed E-state index contributed by atoms with van der Waals surface area (Å²) in [6.07, 6.45) is 0.128.